The molecule has 0 spiro atoms. The largest absolute Gasteiger partial charge is 0.423 e. The van der Waals surface area contributed by atoms with Crippen LogP contribution in [-0.2, 0) is 6.42 Å². The fraction of sp³-hybridized carbons (Fsp3) is 0.167. The van der Waals surface area contributed by atoms with Gasteiger partial charge in [-0.15, -0.1) is 0 Å². The second kappa shape index (κ2) is 6.26. The Hall–Kier alpha value is -0.980. The Bertz CT molecular complexity index is 531. The van der Waals surface area contributed by atoms with Crippen molar-refractivity contribution in [3.8, 4) is 11.8 Å². The molecule has 0 aliphatic rings. The summed E-state index contributed by atoms with van der Waals surface area (Å²) in [6.45, 7) is 0.585. The normalized spacial score (nSPS) is 10.4. The van der Waals surface area contributed by atoms with E-state index in [0.29, 0.717) is 18.3 Å². The Morgan fingerprint density at radius 3 is 2.50 bits per heavy atom. The SMILES string of the molecule is NCCc1cnc(Oc2ccc(Br)cc2Br)nc1. The molecule has 4 nitrogen and oxygen atoms in total. The number of nitrogens with zero attached hydrogens (tertiary/aromatic N) is 2. The van der Waals surface area contributed by atoms with Crippen molar-refractivity contribution in [1.82, 2.24) is 9.97 Å². The first-order valence-electron chi connectivity index (χ1n) is 5.33. The molecule has 0 bridgehead atoms. The number of benzene rings is 1. The highest BCUT2D eigenvalue weighted by Crippen LogP contribution is 2.30. The van der Waals surface area contributed by atoms with E-state index in [1.807, 2.05) is 18.2 Å². The van der Waals surface area contributed by atoms with Crippen molar-refractivity contribution in [2.75, 3.05) is 6.54 Å². The average Bonchev–Trinajstić information content (AvgIpc) is 2.35. The topological polar surface area (TPSA) is 61.0 Å². The standard InChI is InChI=1S/C12H11Br2N3O/c13-9-1-2-11(10(14)5-9)18-12-16-6-8(3-4-15)7-17-12/h1-2,5-7H,3-4,15H2. The van der Waals surface area contributed by atoms with Gasteiger partial charge in [0.05, 0.1) is 4.47 Å². The van der Waals surface area contributed by atoms with Crippen LogP contribution in [0.4, 0.5) is 0 Å². The monoisotopic (exact) mass is 371 g/mol. The lowest BCUT2D eigenvalue weighted by Gasteiger charge is -2.06. The van der Waals surface area contributed by atoms with Gasteiger partial charge in [-0.25, -0.2) is 9.97 Å². The lowest BCUT2D eigenvalue weighted by molar-refractivity contribution is 0.438. The summed E-state index contributed by atoms with van der Waals surface area (Å²) >= 11 is 6.80. The molecule has 0 unspecified atom stereocenters. The summed E-state index contributed by atoms with van der Waals surface area (Å²) in [7, 11) is 0. The second-order valence-corrected chi connectivity index (χ2v) is 5.36. The molecule has 0 saturated heterocycles. The lowest BCUT2D eigenvalue weighted by atomic mass is 10.2. The van der Waals surface area contributed by atoms with Crippen LogP contribution in [0.15, 0.2) is 39.5 Å². The van der Waals surface area contributed by atoms with Crippen LogP contribution in [0.3, 0.4) is 0 Å². The molecule has 1 heterocycles. The third kappa shape index (κ3) is 3.51. The van der Waals surface area contributed by atoms with E-state index < -0.39 is 0 Å². The van der Waals surface area contributed by atoms with E-state index in [9.17, 15) is 0 Å². The minimum Gasteiger partial charge on any atom is -0.423 e. The highest BCUT2D eigenvalue weighted by Gasteiger charge is 2.05. The van der Waals surface area contributed by atoms with Gasteiger partial charge in [0.1, 0.15) is 5.75 Å². The number of nitrogens with two attached hydrogens (primary N) is 1. The molecule has 0 amide bonds. The van der Waals surface area contributed by atoms with E-state index in [-0.39, 0.29) is 0 Å². The summed E-state index contributed by atoms with van der Waals surface area (Å²) in [5, 5.41) is 0. The van der Waals surface area contributed by atoms with Gasteiger partial charge in [0.2, 0.25) is 0 Å². The van der Waals surface area contributed by atoms with Gasteiger partial charge in [0, 0.05) is 16.9 Å². The molecule has 0 saturated carbocycles. The Morgan fingerprint density at radius 1 is 1.17 bits per heavy atom. The van der Waals surface area contributed by atoms with E-state index in [2.05, 4.69) is 41.8 Å². The van der Waals surface area contributed by atoms with E-state index in [0.717, 1.165) is 20.9 Å². The van der Waals surface area contributed by atoms with Gasteiger partial charge in [-0.2, -0.15) is 0 Å². The Balaban J connectivity index is 2.13. The molecule has 0 aliphatic carbocycles. The van der Waals surface area contributed by atoms with Gasteiger partial charge in [-0.3, -0.25) is 0 Å². The molecule has 0 fully saturated rings. The maximum absolute atomic E-state index is 5.58. The summed E-state index contributed by atoms with van der Waals surface area (Å²) in [6, 6.07) is 5.95. The highest BCUT2D eigenvalue weighted by molar-refractivity contribution is 9.11. The first-order valence-corrected chi connectivity index (χ1v) is 6.91. The first-order chi connectivity index (χ1) is 8.69. The molecule has 1 aromatic carbocycles. The average molecular weight is 373 g/mol. The first kappa shape index (κ1) is 13.5. The molecule has 0 radical (unpaired) electrons. The van der Waals surface area contributed by atoms with E-state index >= 15 is 0 Å². The van der Waals surface area contributed by atoms with Gasteiger partial charge in [0.15, 0.2) is 0 Å². The van der Waals surface area contributed by atoms with Crippen molar-refractivity contribution in [3.63, 3.8) is 0 Å². The maximum atomic E-state index is 5.58. The number of ether oxygens (including phenoxy) is 1. The van der Waals surface area contributed by atoms with Crippen LogP contribution in [0.1, 0.15) is 5.56 Å². The van der Waals surface area contributed by atoms with Crippen LogP contribution in [0.5, 0.6) is 11.8 Å². The van der Waals surface area contributed by atoms with Crippen molar-refractivity contribution in [1.29, 1.82) is 0 Å². The molecule has 2 rings (SSSR count). The maximum Gasteiger partial charge on any atom is 0.321 e. The molecule has 0 atom stereocenters. The zero-order valence-electron chi connectivity index (χ0n) is 9.44. The van der Waals surface area contributed by atoms with Gasteiger partial charge < -0.3 is 10.5 Å². The minimum atomic E-state index is 0.318. The van der Waals surface area contributed by atoms with Gasteiger partial charge in [-0.05, 0) is 52.7 Å². The van der Waals surface area contributed by atoms with E-state index in [1.54, 1.807) is 12.4 Å². The van der Waals surface area contributed by atoms with Crippen LogP contribution in [0.2, 0.25) is 0 Å². The number of halogens is 2. The summed E-state index contributed by atoms with van der Waals surface area (Å²) in [5.74, 6) is 0.671. The summed E-state index contributed by atoms with van der Waals surface area (Å²) in [5.41, 5.74) is 6.46. The summed E-state index contributed by atoms with van der Waals surface area (Å²) < 4.78 is 7.39. The third-order valence-electron chi connectivity index (χ3n) is 2.21. The van der Waals surface area contributed by atoms with Crippen molar-refractivity contribution in [3.05, 3.63) is 45.1 Å². The fourth-order valence-electron chi connectivity index (χ4n) is 1.35. The number of hydrogen-bond acceptors (Lipinski definition) is 4. The summed E-state index contributed by atoms with van der Waals surface area (Å²) in [4.78, 5) is 8.27. The number of rotatable bonds is 4. The third-order valence-corrected chi connectivity index (χ3v) is 3.32. The van der Waals surface area contributed by atoms with Crippen molar-refractivity contribution in [2.24, 2.45) is 5.73 Å². The zero-order chi connectivity index (χ0) is 13.0. The molecule has 94 valence electrons. The Labute approximate surface area is 122 Å². The molecular formula is C12H11Br2N3O. The zero-order valence-corrected chi connectivity index (χ0v) is 12.6. The van der Waals surface area contributed by atoms with Gasteiger partial charge >= 0.3 is 6.01 Å². The number of hydrogen-bond donors (Lipinski definition) is 1. The van der Waals surface area contributed by atoms with E-state index in [1.165, 1.54) is 0 Å². The van der Waals surface area contributed by atoms with Crippen LogP contribution in [0.25, 0.3) is 0 Å². The number of aromatic nitrogens is 2. The van der Waals surface area contributed by atoms with Crippen molar-refractivity contribution in [2.45, 2.75) is 6.42 Å². The lowest BCUT2D eigenvalue weighted by Crippen LogP contribution is -2.03. The van der Waals surface area contributed by atoms with E-state index in [4.69, 9.17) is 10.5 Å². The van der Waals surface area contributed by atoms with Crippen molar-refractivity contribution < 1.29 is 4.74 Å². The minimum absolute atomic E-state index is 0.318. The molecule has 2 N–H and O–H groups in total. The van der Waals surface area contributed by atoms with Crippen LogP contribution >= 0.6 is 31.9 Å². The quantitative estimate of drug-likeness (QED) is 0.894. The van der Waals surface area contributed by atoms with Gasteiger partial charge in [0.25, 0.3) is 0 Å². The molecule has 2 aromatic rings. The predicted molar refractivity (Wildman–Crippen MR) is 76.7 cm³/mol. The van der Waals surface area contributed by atoms with Crippen molar-refractivity contribution >= 4 is 31.9 Å². The second-order valence-electron chi connectivity index (χ2n) is 3.59. The smallest absolute Gasteiger partial charge is 0.321 e. The molecule has 6 heteroatoms. The van der Waals surface area contributed by atoms with Crippen LogP contribution in [-0.4, -0.2) is 16.5 Å². The predicted octanol–water partition coefficient (Wildman–Crippen LogP) is 3.30. The fourth-order valence-corrected chi connectivity index (χ4v) is 2.48. The molecule has 1 aromatic heterocycles. The van der Waals surface area contributed by atoms with Crippen LogP contribution in [0, 0.1) is 0 Å². The van der Waals surface area contributed by atoms with Gasteiger partial charge in [-0.1, -0.05) is 15.9 Å². The summed E-state index contributed by atoms with van der Waals surface area (Å²) in [6.07, 6.45) is 4.21. The highest BCUT2D eigenvalue weighted by atomic mass is 79.9. The Kier molecular flexibility index (Phi) is 4.68. The molecule has 18 heavy (non-hydrogen) atoms. The Morgan fingerprint density at radius 2 is 1.89 bits per heavy atom. The van der Waals surface area contributed by atoms with Crippen LogP contribution < -0.4 is 10.5 Å². The molecular weight excluding hydrogens is 362 g/mol. The molecule has 0 aliphatic heterocycles.